The van der Waals surface area contributed by atoms with Crippen molar-refractivity contribution >= 4 is 46.4 Å². The van der Waals surface area contributed by atoms with Crippen molar-refractivity contribution < 1.29 is 9.59 Å². The molecule has 0 unspecified atom stereocenters. The molecule has 1 aromatic heterocycles. The number of carbonyl (C=O) groups is 2. The van der Waals surface area contributed by atoms with Crippen LogP contribution in [0.5, 0.6) is 0 Å². The zero-order valence-corrected chi connectivity index (χ0v) is 16.1. The number of urea groups is 1. The average Bonchev–Trinajstić information content (AvgIpc) is 3.20. The number of thioether (sulfide) groups is 1. The number of rotatable bonds is 7. The van der Waals surface area contributed by atoms with Gasteiger partial charge in [0.1, 0.15) is 0 Å². The lowest BCUT2D eigenvalue weighted by Gasteiger charge is -2.11. The SMILES string of the molecule is O=C(CNC(=O)Nc1ccccc1)Nc1ccccc1SCc1ccsc1. The Morgan fingerprint density at radius 1 is 0.926 bits per heavy atom. The minimum Gasteiger partial charge on any atom is -0.329 e. The van der Waals surface area contributed by atoms with Gasteiger partial charge in [-0.2, -0.15) is 11.3 Å². The largest absolute Gasteiger partial charge is 0.329 e. The molecular weight excluding hydrogens is 378 g/mol. The van der Waals surface area contributed by atoms with E-state index in [9.17, 15) is 9.59 Å². The van der Waals surface area contributed by atoms with E-state index >= 15 is 0 Å². The Bertz CT molecular complexity index is 883. The summed E-state index contributed by atoms with van der Waals surface area (Å²) in [6, 6.07) is 18.4. The molecule has 0 spiro atoms. The van der Waals surface area contributed by atoms with Crippen LogP contribution in [0.4, 0.5) is 16.2 Å². The lowest BCUT2D eigenvalue weighted by molar-refractivity contribution is -0.115. The molecule has 3 amide bonds. The van der Waals surface area contributed by atoms with Crippen LogP contribution in [0, 0.1) is 0 Å². The average molecular weight is 398 g/mol. The summed E-state index contributed by atoms with van der Waals surface area (Å²) in [6.45, 7) is -0.109. The van der Waals surface area contributed by atoms with Crippen LogP contribution in [0.3, 0.4) is 0 Å². The monoisotopic (exact) mass is 397 g/mol. The number of hydrogen-bond acceptors (Lipinski definition) is 4. The predicted octanol–water partition coefficient (Wildman–Crippen LogP) is 4.80. The zero-order valence-electron chi connectivity index (χ0n) is 14.5. The maximum atomic E-state index is 12.2. The predicted molar refractivity (Wildman–Crippen MR) is 112 cm³/mol. The second-order valence-electron chi connectivity index (χ2n) is 5.64. The van der Waals surface area contributed by atoms with Crippen molar-refractivity contribution in [3.8, 4) is 0 Å². The Hall–Kier alpha value is -2.77. The first-order valence-corrected chi connectivity index (χ1v) is 10.3. The van der Waals surface area contributed by atoms with Gasteiger partial charge in [-0.05, 0) is 46.7 Å². The molecule has 0 aliphatic rings. The third-order valence-electron chi connectivity index (χ3n) is 3.58. The highest BCUT2D eigenvalue weighted by Gasteiger charge is 2.09. The zero-order chi connectivity index (χ0) is 18.9. The molecule has 3 N–H and O–H groups in total. The van der Waals surface area contributed by atoms with E-state index < -0.39 is 6.03 Å². The molecule has 1 heterocycles. The number of para-hydroxylation sites is 2. The number of amides is 3. The highest BCUT2D eigenvalue weighted by atomic mass is 32.2. The van der Waals surface area contributed by atoms with Gasteiger partial charge in [0.15, 0.2) is 0 Å². The van der Waals surface area contributed by atoms with Gasteiger partial charge in [-0.25, -0.2) is 4.79 Å². The number of carbonyl (C=O) groups excluding carboxylic acids is 2. The Morgan fingerprint density at radius 3 is 2.48 bits per heavy atom. The second-order valence-corrected chi connectivity index (χ2v) is 7.44. The summed E-state index contributed by atoms with van der Waals surface area (Å²) in [5.41, 5.74) is 2.67. The smallest absolute Gasteiger partial charge is 0.319 e. The van der Waals surface area contributed by atoms with Crippen LogP contribution in [0.2, 0.25) is 0 Å². The maximum Gasteiger partial charge on any atom is 0.319 e. The third kappa shape index (κ3) is 6.16. The van der Waals surface area contributed by atoms with E-state index in [4.69, 9.17) is 0 Å². The fourth-order valence-electron chi connectivity index (χ4n) is 2.28. The normalized spacial score (nSPS) is 10.2. The van der Waals surface area contributed by atoms with E-state index in [0.29, 0.717) is 5.69 Å². The van der Waals surface area contributed by atoms with Crippen molar-refractivity contribution in [3.05, 3.63) is 77.0 Å². The molecule has 0 atom stereocenters. The number of hydrogen-bond donors (Lipinski definition) is 3. The van der Waals surface area contributed by atoms with Gasteiger partial charge in [0, 0.05) is 16.3 Å². The molecular formula is C20H19N3O2S2. The lowest BCUT2D eigenvalue weighted by atomic mass is 10.3. The summed E-state index contributed by atoms with van der Waals surface area (Å²) in [7, 11) is 0. The molecule has 7 heteroatoms. The molecule has 27 heavy (non-hydrogen) atoms. The van der Waals surface area contributed by atoms with E-state index in [-0.39, 0.29) is 12.5 Å². The summed E-state index contributed by atoms with van der Waals surface area (Å²) in [5, 5.41) is 12.3. The van der Waals surface area contributed by atoms with Crippen molar-refractivity contribution in [3.63, 3.8) is 0 Å². The lowest BCUT2D eigenvalue weighted by Crippen LogP contribution is -2.35. The Morgan fingerprint density at radius 2 is 1.70 bits per heavy atom. The van der Waals surface area contributed by atoms with Gasteiger partial charge in [0.05, 0.1) is 12.2 Å². The minimum atomic E-state index is -0.420. The van der Waals surface area contributed by atoms with Gasteiger partial charge in [-0.3, -0.25) is 4.79 Å². The Balaban J connectivity index is 1.49. The number of anilines is 2. The quantitative estimate of drug-likeness (QED) is 0.502. The number of benzene rings is 2. The molecule has 0 bridgehead atoms. The molecule has 0 saturated heterocycles. The van der Waals surface area contributed by atoms with Crippen LogP contribution >= 0.6 is 23.1 Å². The standard InChI is InChI=1S/C20H19N3O2S2/c24-19(12-21-20(25)22-16-6-2-1-3-7-16)23-17-8-4-5-9-18(17)27-14-15-10-11-26-13-15/h1-11,13H,12,14H2,(H,23,24)(H2,21,22,25). The van der Waals surface area contributed by atoms with Crippen LogP contribution in [-0.4, -0.2) is 18.5 Å². The second kappa shape index (κ2) is 9.80. The summed E-state index contributed by atoms with van der Waals surface area (Å²) < 4.78 is 0. The number of thiophene rings is 1. The Kier molecular flexibility index (Phi) is 6.90. The van der Waals surface area contributed by atoms with Crippen LogP contribution < -0.4 is 16.0 Å². The first-order chi connectivity index (χ1) is 13.2. The molecule has 138 valence electrons. The van der Waals surface area contributed by atoms with E-state index in [0.717, 1.165) is 16.3 Å². The van der Waals surface area contributed by atoms with E-state index in [2.05, 4.69) is 32.8 Å². The van der Waals surface area contributed by atoms with Gasteiger partial charge in [0.2, 0.25) is 5.91 Å². The highest BCUT2D eigenvalue weighted by molar-refractivity contribution is 7.98. The minimum absolute atomic E-state index is 0.109. The molecule has 3 rings (SSSR count). The molecule has 0 fully saturated rings. The molecule has 5 nitrogen and oxygen atoms in total. The van der Waals surface area contributed by atoms with Crippen LogP contribution in [0.1, 0.15) is 5.56 Å². The summed E-state index contributed by atoms with van der Waals surface area (Å²) >= 11 is 3.34. The molecule has 2 aromatic carbocycles. The molecule has 0 aliphatic carbocycles. The van der Waals surface area contributed by atoms with E-state index in [1.807, 2.05) is 42.5 Å². The highest BCUT2D eigenvalue weighted by Crippen LogP contribution is 2.30. The fourth-order valence-corrected chi connectivity index (χ4v) is 4.01. The summed E-state index contributed by atoms with van der Waals surface area (Å²) in [6.07, 6.45) is 0. The summed E-state index contributed by atoms with van der Waals surface area (Å²) in [4.78, 5) is 25.0. The van der Waals surface area contributed by atoms with Crippen molar-refractivity contribution in [2.75, 3.05) is 17.2 Å². The van der Waals surface area contributed by atoms with Gasteiger partial charge in [-0.1, -0.05) is 30.3 Å². The van der Waals surface area contributed by atoms with Crippen molar-refractivity contribution in [1.82, 2.24) is 5.32 Å². The van der Waals surface area contributed by atoms with E-state index in [1.165, 1.54) is 5.56 Å². The summed E-state index contributed by atoms with van der Waals surface area (Å²) in [5.74, 6) is 0.565. The van der Waals surface area contributed by atoms with Crippen LogP contribution in [0.25, 0.3) is 0 Å². The molecule has 3 aromatic rings. The van der Waals surface area contributed by atoms with E-state index in [1.54, 1.807) is 35.2 Å². The fraction of sp³-hybridized carbons (Fsp3) is 0.100. The van der Waals surface area contributed by atoms with Gasteiger partial charge in [-0.15, -0.1) is 11.8 Å². The maximum absolute atomic E-state index is 12.2. The van der Waals surface area contributed by atoms with Crippen molar-refractivity contribution in [2.45, 2.75) is 10.6 Å². The molecule has 0 aliphatic heterocycles. The first-order valence-electron chi connectivity index (χ1n) is 8.33. The van der Waals surface area contributed by atoms with Gasteiger partial charge in [0.25, 0.3) is 0 Å². The number of nitrogens with one attached hydrogen (secondary N) is 3. The topological polar surface area (TPSA) is 70.2 Å². The van der Waals surface area contributed by atoms with Gasteiger partial charge >= 0.3 is 6.03 Å². The van der Waals surface area contributed by atoms with Crippen molar-refractivity contribution in [2.24, 2.45) is 0 Å². The van der Waals surface area contributed by atoms with Crippen LogP contribution in [0.15, 0.2) is 76.3 Å². The van der Waals surface area contributed by atoms with Crippen LogP contribution in [-0.2, 0) is 10.5 Å². The van der Waals surface area contributed by atoms with Gasteiger partial charge < -0.3 is 16.0 Å². The van der Waals surface area contributed by atoms with Crippen molar-refractivity contribution in [1.29, 1.82) is 0 Å². The Labute approximate surface area is 166 Å². The molecule has 0 radical (unpaired) electrons. The first kappa shape index (κ1) is 19.0. The third-order valence-corrected chi connectivity index (χ3v) is 5.45. The molecule has 0 saturated carbocycles.